The van der Waals surface area contributed by atoms with Crippen molar-refractivity contribution in [3.63, 3.8) is 0 Å². The van der Waals surface area contributed by atoms with Gasteiger partial charge >= 0.3 is 0 Å². The highest BCUT2D eigenvalue weighted by Crippen LogP contribution is 2.39. The van der Waals surface area contributed by atoms with Crippen molar-refractivity contribution in [2.24, 2.45) is 5.41 Å². The van der Waals surface area contributed by atoms with E-state index in [9.17, 15) is 4.79 Å². The molecule has 0 radical (unpaired) electrons. The second kappa shape index (κ2) is 6.62. The molecule has 1 unspecified atom stereocenters. The van der Waals surface area contributed by atoms with Crippen LogP contribution in [-0.4, -0.2) is 60.1 Å². The van der Waals surface area contributed by atoms with E-state index in [0.29, 0.717) is 6.42 Å². The third-order valence-corrected chi connectivity index (χ3v) is 5.36. The van der Waals surface area contributed by atoms with Gasteiger partial charge in [-0.05, 0) is 38.8 Å². The molecule has 4 nitrogen and oxygen atoms in total. The van der Waals surface area contributed by atoms with Gasteiger partial charge in [-0.1, -0.05) is 29.3 Å². The minimum atomic E-state index is 0.228. The number of β-amino-alcohol motifs (C(OH)–C–C–N with tert-alkyl or cyclic N) is 1. The summed E-state index contributed by atoms with van der Waals surface area (Å²) in [7, 11) is 0. The Kier molecular flexibility index (Phi) is 4.74. The van der Waals surface area contributed by atoms with Crippen LogP contribution in [0, 0.1) is 19.3 Å². The zero-order valence-corrected chi connectivity index (χ0v) is 14.3. The Labute approximate surface area is 139 Å². The molecule has 0 aromatic heterocycles. The number of likely N-dealkylation sites (tertiary alicyclic amines) is 2. The highest BCUT2D eigenvalue weighted by atomic mass is 16.3. The first-order valence-electron chi connectivity index (χ1n) is 8.68. The van der Waals surface area contributed by atoms with Gasteiger partial charge in [-0.2, -0.15) is 0 Å². The number of carbonyl (C=O) groups excluding carboxylic acids is 1. The van der Waals surface area contributed by atoms with Crippen LogP contribution in [0.1, 0.15) is 29.5 Å². The lowest BCUT2D eigenvalue weighted by atomic mass is 9.86. The van der Waals surface area contributed by atoms with Crippen molar-refractivity contribution in [3.05, 3.63) is 34.9 Å². The monoisotopic (exact) mass is 316 g/mol. The number of aryl methyl sites for hydroxylation is 2. The topological polar surface area (TPSA) is 43.8 Å². The third-order valence-electron chi connectivity index (χ3n) is 5.36. The number of hydrogen-bond donors (Lipinski definition) is 1. The van der Waals surface area contributed by atoms with E-state index in [0.717, 1.165) is 51.1 Å². The van der Waals surface area contributed by atoms with Crippen LogP contribution in [0.25, 0.3) is 0 Å². The summed E-state index contributed by atoms with van der Waals surface area (Å²) in [6, 6.07) is 6.39. The minimum absolute atomic E-state index is 0.228. The molecule has 3 rings (SSSR count). The van der Waals surface area contributed by atoms with E-state index < -0.39 is 0 Å². The zero-order chi connectivity index (χ0) is 16.4. The lowest BCUT2D eigenvalue weighted by Gasteiger charge is -2.24. The van der Waals surface area contributed by atoms with Crippen LogP contribution in [0.15, 0.2) is 18.2 Å². The van der Waals surface area contributed by atoms with Gasteiger partial charge in [-0.25, -0.2) is 0 Å². The number of carbonyl (C=O) groups is 1. The molecule has 1 aromatic carbocycles. The van der Waals surface area contributed by atoms with Crippen molar-refractivity contribution in [2.45, 2.75) is 33.1 Å². The maximum atomic E-state index is 12.7. The van der Waals surface area contributed by atoms with E-state index in [-0.39, 0.29) is 17.9 Å². The molecule has 0 aliphatic carbocycles. The van der Waals surface area contributed by atoms with Crippen LogP contribution in [0.2, 0.25) is 0 Å². The van der Waals surface area contributed by atoms with Crippen LogP contribution >= 0.6 is 0 Å². The van der Waals surface area contributed by atoms with E-state index in [1.54, 1.807) is 0 Å². The van der Waals surface area contributed by atoms with Crippen molar-refractivity contribution >= 4 is 5.91 Å². The SMILES string of the molecule is Cc1cc(C)cc(CC(=O)N2CCC3(CCN(CCO)C3)C2)c1. The molecule has 2 aliphatic rings. The third kappa shape index (κ3) is 3.75. The first-order chi connectivity index (χ1) is 11.0. The van der Waals surface area contributed by atoms with Gasteiger partial charge in [0.2, 0.25) is 5.91 Å². The van der Waals surface area contributed by atoms with E-state index in [1.807, 2.05) is 0 Å². The first-order valence-corrected chi connectivity index (χ1v) is 8.68. The Hall–Kier alpha value is -1.39. The zero-order valence-electron chi connectivity index (χ0n) is 14.3. The normalized spacial score (nSPS) is 24.7. The highest BCUT2D eigenvalue weighted by Gasteiger charge is 2.44. The number of hydrogen-bond acceptors (Lipinski definition) is 3. The standard InChI is InChI=1S/C19H28N2O2/c1-15-9-16(2)11-17(10-15)12-18(23)21-6-4-19(14-21)3-5-20(13-19)7-8-22/h9-11,22H,3-8,12-14H2,1-2H3. The smallest absolute Gasteiger partial charge is 0.227 e. The summed E-state index contributed by atoms with van der Waals surface area (Å²) in [6.45, 7) is 9.01. The summed E-state index contributed by atoms with van der Waals surface area (Å²) < 4.78 is 0. The molecule has 4 heteroatoms. The van der Waals surface area contributed by atoms with Gasteiger partial charge in [0.05, 0.1) is 13.0 Å². The molecule has 1 N–H and O–H groups in total. The van der Waals surface area contributed by atoms with Gasteiger partial charge in [0.25, 0.3) is 0 Å². The van der Waals surface area contributed by atoms with Crippen LogP contribution in [0.4, 0.5) is 0 Å². The molecule has 1 amide bonds. The Bertz CT molecular complexity index is 566. The number of nitrogens with zero attached hydrogens (tertiary/aromatic N) is 2. The van der Waals surface area contributed by atoms with Crippen LogP contribution in [0.5, 0.6) is 0 Å². The molecule has 0 bridgehead atoms. The Balaban J connectivity index is 1.59. The van der Waals surface area contributed by atoms with Gasteiger partial charge in [-0.3, -0.25) is 4.79 Å². The molecule has 126 valence electrons. The summed E-state index contributed by atoms with van der Waals surface area (Å²) in [5, 5.41) is 9.10. The predicted molar refractivity (Wildman–Crippen MR) is 91.4 cm³/mol. The molecular formula is C19H28N2O2. The van der Waals surface area contributed by atoms with E-state index in [4.69, 9.17) is 5.11 Å². The number of amides is 1. The fourth-order valence-electron chi connectivity index (χ4n) is 4.30. The molecule has 2 fully saturated rings. The predicted octanol–water partition coefficient (Wildman–Crippen LogP) is 1.76. The Morgan fingerprint density at radius 1 is 1.13 bits per heavy atom. The van der Waals surface area contributed by atoms with Gasteiger partial charge < -0.3 is 14.9 Å². The lowest BCUT2D eigenvalue weighted by molar-refractivity contribution is -0.129. The van der Waals surface area contributed by atoms with Crippen molar-refractivity contribution in [2.75, 3.05) is 39.3 Å². The van der Waals surface area contributed by atoms with Gasteiger partial charge in [0.15, 0.2) is 0 Å². The molecule has 2 saturated heterocycles. The second-order valence-corrected chi connectivity index (χ2v) is 7.49. The van der Waals surface area contributed by atoms with E-state index >= 15 is 0 Å². The summed E-state index contributed by atoms with van der Waals surface area (Å²) in [5.74, 6) is 0.257. The fraction of sp³-hybridized carbons (Fsp3) is 0.632. The summed E-state index contributed by atoms with van der Waals surface area (Å²) in [4.78, 5) is 17.0. The van der Waals surface area contributed by atoms with Gasteiger partial charge in [0, 0.05) is 31.6 Å². The summed E-state index contributed by atoms with van der Waals surface area (Å²) >= 11 is 0. The van der Waals surface area contributed by atoms with Crippen molar-refractivity contribution in [1.82, 2.24) is 9.80 Å². The number of aliphatic hydroxyl groups excluding tert-OH is 1. The average molecular weight is 316 g/mol. The molecule has 1 atom stereocenters. The lowest BCUT2D eigenvalue weighted by Crippen LogP contribution is -2.35. The van der Waals surface area contributed by atoms with E-state index in [1.165, 1.54) is 11.1 Å². The minimum Gasteiger partial charge on any atom is -0.395 e. The maximum Gasteiger partial charge on any atom is 0.227 e. The second-order valence-electron chi connectivity index (χ2n) is 7.49. The Morgan fingerprint density at radius 3 is 2.52 bits per heavy atom. The Morgan fingerprint density at radius 2 is 1.83 bits per heavy atom. The van der Waals surface area contributed by atoms with Crippen molar-refractivity contribution in [3.8, 4) is 0 Å². The quantitative estimate of drug-likeness (QED) is 0.920. The molecule has 2 heterocycles. The van der Waals surface area contributed by atoms with Crippen molar-refractivity contribution in [1.29, 1.82) is 0 Å². The number of benzene rings is 1. The van der Waals surface area contributed by atoms with Crippen molar-refractivity contribution < 1.29 is 9.90 Å². The molecule has 1 aromatic rings. The molecule has 0 saturated carbocycles. The first kappa shape index (κ1) is 16.5. The summed E-state index contributed by atoms with van der Waals surface area (Å²) in [6.07, 6.45) is 2.77. The van der Waals surface area contributed by atoms with Gasteiger partial charge in [0.1, 0.15) is 0 Å². The molecular weight excluding hydrogens is 288 g/mol. The highest BCUT2D eigenvalue weighted by molar-refractivity contribution is 5.79. The summed E-state index contributed by atoms with van der Waals surface area (Å²) in [5.41, 5.74) is 3.84. The average Bonchev–Trinajstić information content (AvgIpc) is 3.06. The van der Waals surface area contributed by atoms with E-state index in [2.05, 4.69) is 41.8 Å². The van der Waals surface area contributed by atoms with Gasteiger partial charge in [-0.15, -0.1) is 0 Å². The fourth-order valence-corrected chi connectivity index (χ4v) is 4.30. The molecule has 23 heavy (non-hydrogen) atoms. The molecule has 2 aliphatic heterocycles. The van der Waals surface area contributed by atoms with Crippen LogP contribution in [0.3, 0.4) is 0 Å². The largest absolute Gasteiger partial charge is 0.395 e. The molecule has 1 spiro atoms. The number of rotatable bonds is 4. The maximum absolute atomic E-state index is 12.7. The van der Waals surface area contributed by atoms with Crippen LogP contribution in [-0.2, 0) is 11.2 Å². The number of aliphatic hydroxyl groups is 1. The van der Waals surface area contributed by atoms with Crippen LogP contribution < -0.4 is 0 Å².